The van der Waals surface area contributed by atoms with Gasteiger partial charge in [0.05, 0.1) is 6.61 Å². The molecule has 0 bridgehead atoms. The summed E-state index contributed by atoms with van der Waals surface area (Å²) >= 11 is 0. The third-order valence-corrected chi connectivity index (χ3v) is 3.09. The highest BCUT2D eigenvalue weighted by molar-refractivity contribution is 4.79. The second-order valence-electron chi connectivity index (χ2n) is 4.87. The van der Waals surface area contributed by atoms with Gasteiger partial charge in [-0.1, -0.05) is 26.7 Å². The Morgan fingerprint density at radius 1 is 1.21 bits per heavy atom. The van der Waals surface area contributed by atoms with Gasteiger partial charge in [0.1, 0.15) is 0 Å². The van der Waals surface area contributed by atoms with Crippen LogP contribution in [-0.4, -0.2) is 26.3 Å². The van der Waals surface area contributed by atoms with Crippen molar-refractivity contribution in [1.82, 2.24) is 5.32 Å². The first-order chi connectivity index (χ1) is 6.74. The zero-order chi connectivity index (χ0) is 10.4. The van der Waals surface area contributed by atoms with Crippen LogP contribution in [0, 0.1) is 11.8 Å². The standard InChI is InChI=1S/C12H25NO/c1-10(2)8-14-9-12(13-3)11-6-4-5-7-11/h10-13H,4-9H2,1-3H3. The van der Waals surface area contributed by atoms with Crippen LogP contribution in [0.2, 0.25) is 0 Å². The monoisotopic (exact) mass is 199 g/mol. The van der Waals surface area contributed by atoms with E-state index in [1.807, 2.05) is 0 Å². The number of rotatable bonds is 6. The normalized spacial score (nSPS) is 20.6. The van der Waals surface area contributed by atoms with Crippen molar-refractivity contribution in [3.8, 4) is 0 Å². The molecule has 0 saturated heterocycles. The summed E-state index contributed by atoms with van der Waals surface area (Å²) in [5, 5.41) is 3.39. The van der Waals surface area contributed by atoms with Crippen LogP contribution in [0.3, 0.4) is 0 Å². The first-order valence-corrected chi connectivity index (χ1v) is 5.99. The second-order valence-corrected chi connectivity index (χ2v) is 4.87. The number of hydrogen-bond acceptors (Lipinski definition) is 2. The minimum Gasteiger partial charge on any atom is -0.380 e. The molecule has 1 N–H and O–H groups in total. The predicted molar refractivity (Wildman–Crippen MR) is 60.5 cm³/mol. The summed E-state index contributed by atoms with van der Waals surface area (Å²) in [6.07, 6.45) is 5.59. The van der Waals surface area contributed by atoms with Crippen LogP contribution < -0.4 is 5.32 Å². The van der Waals surface area contributed by atoms with Crippen LogP contribution in [0.4, 0.5) is 0 Å². The van der Waals surface area contributed by atoms with E-state index in [4.69, 9.17) is 4.74 Å². The van der Waals surface area contributed by atoms with Gasteiger partial charge in [-0.2, -0.15) is 0 Å². The third kappa shape index (κ3) is 3.97. The highest BCUT2D eigenvalue weighted by Crippen LogP contribution is 2.27. The Morgan fingerprint density at radius 2 is 1.86 bits per heavy atom. The Bertz CT molecular complexity index is 141. The van der Waals surface area contributed by atoms with E-state index in [0.29, 0.717) is 12.0 Å². The average molecular weight is 199 g/mol. The lowest BCUT2D eigenvalue weighted by Gasteiger charge is -2.23. The fourth-order valence-corrected chi connectivity index (χ4v) is 2.25. The molecule has 84 valence electrons. The average Bonchev–Trinajstić information content (AvgIpc) is 2.64. The van der Waals surface area contributed by atoms with E-state index in [2.05, 4.69) is 26.2 Å². The molecule has 0 heterocycles. The van der Waals surface area contributed by atoms with Crippen molar-refractivity contribution in [2.24, 2.45) is 11.8 Å². The van der Waals surface area contributed by atoms with Gasteiger partial charge in [0.2, 0.25) is 0 Å². The lowest BCUT2D eigenvalue weighted by atomic mass is 9.99. The van der Waals surface area contributed by atoms with Crippen LogP contribution in [0.15, 0.2) is 0 Å². The molecule has 0 amide bonds. The minimum atomic E-state index is 0.580. The van der Waals surface area contributed by atoms with Crippen LogP contribution >= 0.6 is 0 Å². The Balaban J connectivity index is 2.17. The number of hydrogen-bond donors (Lipinski definition) is 1. The van der Waals surface area contributed by atoms with Gasteiger partial charge >= 0.3 is 0 Å². The quantitative estimate of drug-likeness (QED) is 0.709. The first kappa shape index (κ1) is 12.0. The Labute approximate surface area is 88.4 Å². The Hall–Kier alpha value is -0.0800. The lowest BCUT2D eigenvalue weighted by Crippen LogP contribution is -2.37. The molecule has 0 radical (unpaired) electrons. The summed E-state index contributed by atoms with van der Waals surface area (Å²) in [4.78, 5) is 0. The molecule has 0 aromatic carbocycles. The zero-order valence-electron chi connectivity index (χ0n) is 9.88. The molecule has 1 rings (SSSR count). The van der Waals surface area contributed by atoms with E-state index in [0.717, 1.165) is 19.1 Å². The van der Waals surface area contributed by atoms with Gasteiger partial charge in [0.15, 0.2) is 0 Å². The van der Waals surface area contributed by atoms with E-state index in [-0.39, 0.29) is 0 Å². The third-order valence-electron chi connectivity index (χ3n) is 3.09. The minimum absolute atomic E-state index is 0.580. The second kappa shape index (κ2) is 6.41. The zero-order valence-corrected chi connectivity index (χ0v) is 9.88. The van der Waals surface area contributed by atoms with Crippen LogP contribution in [-0.2, 0) is 4.74 Å². The maximum absolute atomic E-state index is 5.70. The fraction of sp³-hybridized carbons (Fsp3) is 1.00. The van der Waals surface area contributed by atoms with E-state index >= 15 is 0 Å². The molecule has 0 aromatic heterocycles. The summed E-state index contributed by atoms with van der Waals surface area (Å²) in [7, 11) is 2.06. The summed E-state index contributed by atoms with van der Waals surface area (Å²) in [6, 6.07) is 0.580. The summed E-state index contributed by atoms with van der Waals surface area (Å²) in [5.74, 6) is 1.50. The lowest BCUT2D eigenvalue weighted by molar-refractivity contribution is 0.0776. The van der Waals surface area contributed by atoms with Crippen molar-refractivity contribution in [3.63, 3.8) is 0 Å². The Kier molecular flexibility index (Phi) is 5.49. The molecule has 0 aliphatic heterocycles. The molecule has 1 aliphatic rings. The van der Waals surface area contributed by atoms with Gasteiger partial charge in [-0.05, 0) is 31.7 Å². The molecule has 2 heteroatoms. The molecule has 0 aromatic rings. The summed E-state index contributed by atoms with van der Waals surface area (Å²) in [5.41, 5.74) is 0. The highest BCUT2D eigenvalue weighted by atomic mass is 16.5. The van der Waals surface area contributed by atoms with Crippen molar-refractivity contribution < 1.29 is 4.74 Å². The summed E-state index contributed by atoms with van der Waals surface area (Å²) < 4.78 is 5.70. The van der Waals surface area contributed by atoms with E-state index in [9.17, 15) is 0 Å². The van der Waals surface area contributed by atoms with Crippen molar-refractivity contribution in [3.05, 3.63) is 0 Å². The topological polar surface area (TPSA) is 21.3 Å². The molecule has 1 aliphatic carbocycles. The molecule has 1 atom stereocenters. The SMILES string of the molecule is CNC(COCC(C)C)C1CCCC1. The first-order valence-electron chi connectivity index (χ1n) is 5.99. The van der Waals surface area contributed by atoms with Gasteiger partial charge < -0.3 is 10.1 Å². The highest BCUT2D eigenvalue weighted by Gasteiger charge is 2.23. The van der Waals surface area contributed by atoms with E-state index in [1.165, 1.54) is 25.7 Å². The van der Waals surface area contributed by atoms with Crippen molar-refractivity contribution in [1.29, 1.82) is 0 Å². The van der Waals surface area contributed by atoms with Crippen LogP contribution in [0.1, 0.15) is 39.5 Å². The molecule has 2 nitrogen and oxygen atoms in total. The molecule has 14 heavy (non-hydrogen) atoms. The smallest absolute Gasteiger partial charge is 0.0622 e. The maximum Gasteiger partial charge on any atom is 0.0622 e. The van der Waals surface area contributed by atoms with Gasteiger partial charge in [0.25, 0.3) is 0 Å². The van der Waals surface area contributed by atoms with Crippen molar-refractivity contribution >= 4 is 0 Å². The molecule has 1 fully saturated rings. The summed E-state index contributed by atoms with van der Waals surface area (Å²) in [6.45, 7) is 6.18. The van der Waals surface area contributed by atoms with Crippen LogP contribution in [0.5, 0.6) is 0 Å². The Morgan fingerprint density at radius 3 is 2.36 bits per heavy atom. The van der Waals surface area contributed by atoms with Gasteiger partial charge in [-0.15, -0.1) is 0 Å². The molecule has 1 saturated carbocycles. The van der Waals surface area contributed by atoms with Crippen LogP contribution in [0.25, 0.3) is 0 Å². The number of nitrogens with one attached hydrogen (secondary N) is 1. The van der Waals surface area contributed by atoms with Gasteiger partial charge in [-0.25, -0.2) is 0 Å². The molecular weight excluding hydrogens is 174 g/mol. The molecular formula is C12H25NO. The van der Waals surface area contributed by atoms with Gasteiger partial charge in [0, 0.05) is 12.6 Å². The van der Waals surface area contributed by atoms with Crippen molar-refractivity contribution in [2.75, 3.05) is 20.3 Å². The van der Waals surface area contributed by atoms with E-state index in [1.54, 1.807) is 0 Å². The fourth-order valence-electron chi connectivity index (χ4n) is 2.25. The molecule has 1 unspecified atom stereocenters. The van der Waals surface area contributed by atoms with E-state index < -0.39 is 0 Å². The molecule has 0 spiro atoms. The van der Waals surface area contributed by atoms with Gasteiger partial charge in [-0.3, -0.25) is 0 Å². The largest absolute Gasteiger partial charge is 0.380 e. The number of ether oxygens (including phenoxy) is 1. The van der Waals surface area contributed by atoms with Crippen molar-refractivity contribution in [2.45, 2.75) is 45.6 Å². The number of likely N-dealkylation sites (N-methyl/N-ethyl adjacent to an activating group) is 1. The maximum atomic E-state index is 5.70. The predicted octanol–water partition coefficient (Wildman–Crippen LogP) is 2.44.